The van der Waals surface area contributed by atoms with Gasteiger partial charge in [-0.2, -0.15) is 5.10 Å². The minimum absolute atomic E-state index is 0.152. The molecule has 1 aliphatic heterocycles. The Kier molecular flexibility index (Phi) is 3.93. The lowest BCUT2D eigenvalue weighted by atomic mass is 10.3. The number of likely N-dealkylation sites (tertiary alicyclic amines) is 1. The van der Waals surface area contributed by atoms with E-state index < -0.39 is 0 Å². The fraction of sp³-hybridized carbons (Fsp3) is 0.462. The van der Waals surface area contributed by atoms with Crippen LogP contribution in [0, 0.1) is 0 Å². The molecule has 0 spiro atoms. The summed E-state index contributed by atoms with van der Waals surface area (Å²) < 4.78 is 8.41. The van der Waals surface area contributed by atoms with Crippen LogP contribution >= 0.6 is 11.6 Å². The minimum atomic E-state index is -0.161. The van der Waals surface area contributed by atoms with Gasteiger partial charge in [-0.1, -0.05) is 11.6 Å². The maximum atomic E-state index is 12.3. The standard InChI is InChI=1S/C13H17ClN6O2/c1-18-11(5-12(17-18)22-2)16-13(21)19-4-3-10(8-19)20-7-9(14)6-15-20/h5-7,10H,3-4,8H2,1-2H3,(H,16,21). The molecule has 0 radical (unpaired) electrons. The van der Waals surface area contributed by atoms with E-state index in [0.29, 0.717) is 29.8 Å². The van der Waals surface area contributed by atoms with Gasteiger partial charge in [-0.3, -0.25) is 10.00 Å². The molecule has 2 amide bonds. The summed E-state index contributed by atoms with van der Waals surface area (Å²) in [5.74, 6) is 1.05. The molecule has 1 unspecified atom stereocenters. The predicted molar refractivity (Wildman–Crippen MR) is 81.2 cm³/mol. The van der Waals surface area contributed by atoms with Gasteiger partial charge in [-0.15, -0.1) is 5.10 Å². The van der Waals surface area contributed by atoms with Crippen LogP contribution in [-0.4, -0.2) is 50.7 Å². The predicted octanol–water partition coefficient (Wildman–Crippen LogP) is 1.76. The van der Waals surface area contributed by atoms with E-state index >= 15 is 0 Å². The molecule has 3 heterocycles. The Morgan fingerprint density at radius 1 is 1.55 bits per heavy atom. The number of aryl methyl sites for hydroxylation is 1. The first kappa shape index (κ1) is 14.7. The molecule has 0 aromatic carbocycles. The van der Waals surface area contributed by atoms with Gasteiger partial charge in [0.2, 0.25) is 5.88 Å². The lowest BCUT2D eigenvalue weighted by Gasteiger charge is -2.17. The van der Waals surface area contributed by atoms with E-state index in [1.54, 1.807) is 35.1 Å². The highest BCUT2D eigenvalue weighted by Gasteiger charge is 2.28. The number of rotatable bonds is 3. The topological polar surface area (TPSA) is 77.2 Å². The average molecular weight is 325 g/mol. The Labute approximate surface area is 132 Å². The van der Waals surface area contributed by atoms with Crippen LogP contribution in [0.2, 0.25) is 5.02 Å². The summed E-state index contributed by atoms with van der Waals surface area (Å²) >= 11 is 5.88. The van der Waals surface area contributed by atoms with Gasteiger partial charge < -0.3 is 9.64 Å². The van der Waals surface area contributed by atoms with Crippen LogP contribution in [-0.2, 0) is 7.05 Å². The van der Waals surface area contributed by atoms with Crippen molar-refractivity contribution < 1.29 is 9.53 Å². The number of carbonyl (C=O) groups excluding carboxylic acids is 1. The Balaban J connectivity index is 1.62. The molecule has 2 aromatic heterocycles. The maximum absolute atomic E-state index is 12.3. The first-order chi connectivity index (χ1) is 10.6. The number of hydrogen-bond donors (Lipinski definition) is 1. The zero-order chi connectivity index (χ0) is 15.7. The SMILES string of the molecule is COc1cc(NC(=O)N2CCC(n3cc(Cl)cn3)C2)n(C)n1. The van der Waals surface area contributed by atoms with Crippen LogP contribution in [0.5, 0.6) is 5.88 Å². The molecule has 2 aromatic rings. The number of amides is 2. The highest BCUT2D eigenvalue weighted by atomic mass is 35.5. The second-order valence-electron chi connectivity index (χ2n) is 5.15. The highest BCUT2D eigenvalue weighted by molar-refractivity contribution is 6.30. The molecule has 9 heteroatoms. The average Bonchev–Trinajstić information content (AvgIpc) is 3.19. The van der Waals surface area contributed by atoms with Crippen molar-refractivity contribution in [3.63, 3.8) is 0 Å². The maximum Gasteiger partial charge on any atom is 0.323 e. The molecular formula is C13H17ClN6O2. The van der Waals surface area contributed by atoms with Crippen molar-refractivity contribution in [1.82, 2.24) is 24.5 Å². The van der Waals surface area contributed by atoms with Crippen LogP contribution in [0.1, 0.15) is 12.5 Å². The van der Waals surface area contributed by atoms with E-state index in [0.717, 1.165) is 6.42 Å². The van der Waals surface area contributed by atoms with Gasteiger partial charge in [0, 0.05) is 32.4 Å². The Hall–Kier alpha value is -2.22. The number of methoxy groups -OCH3 is 1. The first-order valence-corrected chi connectivity index (χ1v) is 7.28. The normalized spacial score (nSPS) is 17.8. The molecule has 0 saturated carbocycles. The molecule has 118 valence electrons. The van der Waals surface area contributed by atoms with Gasteiger partial charge in [0.25, 0.3) is 0 Å². The van der Waals surface area contributed by atoms with Gasteiger partial charge in [-0.05, 0) is 6.42 Å². The van der Waals surface area contributed by atoms with Crippen LogP contribution in [0.3, 0.4) is 0 Å². The molecule has 1 atom stereocenters. The van der Waals surface area contributed by atoms with E-state index in [-0.39, 0.29) is 12.1 Å². The zero-order valence-corrected chi connectivity index (χ0v) is 13.1. The molecule has 22 heavy (non-hydrogen) atoms. The van der Waals surface area contributed by atoms with Crippen LogP contribution < -0.4 is 10.1 Å². The number of carbonyl (C=O) groups is 1. The molecule has 1 fully saturated rings. The van der Waals surface area contributed by atoms with Crippen molar-refractivity contribution in [2.24, 2.45) is 7.05 Å². The number of hydrogen-bond acceptors (Lipinski definition) is 4. The fourth-order valence-electron chi connectivity index (χ4n) is 2.50. The molecule has 8 nitrogen and oxygen atoms in total. The summed E-state index contributed by atoms with van der Waals surface area (Å²) in [7, 11) is 3.28. The van der Waals surface area contributed by atoms with Crippen molar-refractivity contribution in [1.29, 1.82) is 0 Å². The van der Waals surface area contributed by atoms with Crippen molar-refractivity contribution in [2.75, 3.05) is 25.5 Å². The molecule has 0 aliphatic carbocycles. The molecule has 3 rings (SSSR count). The lowest BCUT2D eigenvalue weighted by molar-refractivity contribution is 0.220. The van der Waals surface area contributed by atoms with E-state index in [4.69, 9.17) is 16.3 Å². The number of urea groups is 1. The number of anilines is 1. The summed E-state index contributed by atoms with van der Waals surface area (Å²) in [6.07, 6.45) is 4.23. The van der Waals surface area contributed by atoms with Gasteiger partial charge in [0.05, 0.1) is 24.4 Å². The number of nitrogens with one attached hydrogen (secondary N) is 1. The molecule has 1 aliphatic rings. The van der Waals surface area contributed by atoms with Gasteiger partial charge in [-0.25, -0.2) is 9.48 Å². The third-order valence-electron chi connectivity index (χ3n) is 3.70. The number of nitrogens with zero attached hydrogens (tertiary/aromatic N) is 5. The third-order valence-corrected chi connectivity index (χ3v) is 3.89. The summed E-state index contributed by atoms with van der Waals surface area (Å²) in [6.45, 7) is 1.27. The molecule has 1 saturated heterocycles. The summed E-state index contributed by atoms with van der Waals surface area (Å²) in [5.41, 5.74) is 0. The Morgan fingerprint density at radius 3 is 3.00 bits per heavy atom. The third kappa shape index (κ3) is 2.87. The first-order valence-electron chi connectivity index (χ1n) is 6.90. The summed E-state index contributed by atoms with van der Waals surface area (Å²) in [4.78, 5) is 14.1. The minimum Gasteiger partial charge on any atom is -0.480 e. The monoisotopic (exact) mass is 324 g/mol. The fourth-order valence-corrected chi connectivity index (χ4v) is 2.65. The number of halogens is 1. The Bertz CT molecular complexity index is 682. The lowest BCUT2D eigenvalue weighted by Crippen LogP contribution is -2.33. The zero-order valence-electron chi connectivity index (χ0n) is 12.4. The quantitative estimate of drug-likeness (QED) is 0.933. The van der Waals surface area contributed by atoms with Gasteiger partial charge in [0.15, 0.2) is 0 Å². The van der Waals surface area contributed by atoms with E-state index in [1.165, 1.54) is 7.11 Å². The molecular weight excluding hydrogens is 308 g/mol. The van der Waals surface area contributed by atoms with E-state index in [1.807, 2.05) is 4.68 Å². The van der Waals surface area contributed by atoms with E-state index in [2.05, 4.69) is 15.5 Å². The van der Waals surface area contributed by atoms with Crippen molar-refractivity contribution in [3.05, 3.63) is 23.5 Å². The van der Waals surface area contributed by atoms with Gasteiger partial charge in [0.1, 0.15) is 5.82 Å². The Morgan fingerprint density at radius 2 is 2.36 bits per heavy atom. The summed E-state index contributed by atoms with van der Waals surface area (Å²) in [5, 5.41) is 11.7. The van der Waals surface area contributed by atoms with Crippen molar-refractivity contribution in [3.8, 4) is 5.88 Å². The summed E-state index contributed by atoms with van der Waals surface area (Å²) in [6, 6.07) is 1.67. The molecule has 0 bridgehead atoms. The number of aromatic nitrogens is 4. The van der Waals surface area contributed by atoms with Crippen LogP contribution in [0.4, 0.5) is 10.6 Å². The second-order valence-corrected chi connectivity index (χ2v) is 5.59. The smallest absolute Gasteiger partial charge is 0.323 e. The van der Waals surface area contributed by atoms with E-state index in [9.17, 15) is 4.79 Å². The second kappa shape index (κ2) is 5.88. The number of ether oxygens (including phenoxy) is 1. The van der Waals surface area contributed by atoms with Crippen LogP contribution in [0.15, 0.2) is 18.5 Å². The van der Waals surface area contributed by atoms with Crippen molar-refractivity contribution >= 4 is 23.4 Å². The highest BCUT2D eigenvalue weighted by Crippen LogP contribution is 2.23. The van der Waals surface area contributed by atoms with Crippen molar-refractivity contribution in [2.45, 2.75) is 12.5 Å². The largest absolute Gasteiger partial charge is 0.480 e. The van der Waals surface area contributed by atoms with Crippen LogP contribution in [0.25, 0.3) is 0 Å². The van der Waals surface area contributed by atoms with Gasteiger partial charge >= 0.3 is 6.03 Å². The molecule has 1 N–H and O–H groups in total.